The Balaban J connectivity index is 2.70. The summed E-state index contributed by atoms with van der Waals surface area (Å²) in [5, 5.41) is 0.992. The van der Waals surface area contributed by atoms with E-state index in [-0.39, 0.29) is 0 Å². The molecule has 0 radical (unpaired) electrons. The third-order valence-electron chi connectivity index (χ3n) is 2.75. The van der Waals surface area contributed by atoms with Crippen LogP contribution in [0.5, 0.6) is 0 Å². The molecule has 2 N–H and O–H groups in total. The van der Waals surface area contributed by atoms with E-state index >= 15 is 0 Å². The van der Waals surface area contributed by atoms with Gasteiger partial charge in [0.05, 0.1) is 15.7 Å². The third kappa shape index (κ3) is 2.28. The van der Waals surface area contributed by atoms with Crippen LogP contribution in [0.25, 0.3) is 11.3 Å². The molecule has 0 bridgehead atoms. The quantitative estimate of drug-likeness (QED) is 0.908. The Morgan fingerprint density at radius 3 is 2.61 bits per heavy atom. The van der Waals surface area contributed by atoms with E-state index in [0.29, 0.717) is 21.7 Å². The van der Waals surface area contributed by atoms with E-state index in [2.05, 4.69) is 9.97 Å². The first kappa shape index (κ1) is 13.1. The zero-order valence-corrected chi connectivity index (χ0v) is 11.7. The van der Waals surface area contributed by atoms with Crippen molar-refractivity contribution in [2.45, 2.75) is 20.3 Å². The molecule has 0 unspecified atom stereocenters. The standard InChI is InChI=1S/C13H13Cl2N3/c1-3-10-17-12(7(2)13(16)18-10)8-5-4-6-9(14)11(8)15/h4-6H,3H2,1-2H3,(H2,16,17,18). The zero-order valence-electron chi connectivity index (χ0n) is 10.2. The zero-order chi connectivity index (χ0) is 13.3. The summed E-state index contributed by atoms with van der Waals surface area (Å²) in [5.41, 5.74) is 8.24. The van der Waals surface area contributed by atoms with Gasteiger partial charge in [0, 0.05) is 17.5 Å². The maximum atomic E-state index is 6.21. The first-order chi connectivity index (χ1) is 8.54. The summed E-state index contributed by atoms with van der Waals surface area (Å²) in [6.07, 6.45) is 0.718. The summed E-state index contributed by atoms with van der Waals surface area (Å²) in [5.74, 6) is 1.18. The summed E-state index contributed by atoms with van der Waals surface area (Å²) in [4.78, 5) is 8.71. The van der Waals surface area contributed by atoms with Crippen LogP contribution in [0.1, 0.15) is 18.3 Å². The maximum absolute atomic E-state index is 6.21. The lowest BCUT2D eigenvalue weighted by atomic mass is 10.1. The Morgan fingerprint density at radius 2 is 1.94 bits per heavy atom. The maximum Gasteiger partial charge on any atom is 0.131 e. The summed E-state index contributed by atoms with van der Waals surface area (Å²) in [6, 6.07) is 5.46. The molecule has 2 aromatic rings. The smallest absolute Gasteiger partial charge is 0.131 e. The predicted molar refractivity (Wildman–Crippen MR) is 76.0 cm³/mol. The molecule has 0 saturated carbocycles. The molecule has 0 saturated heterocycles. The van der Waals surface area contributed by atoms with Gasteiger partial charge in [-0.1, -0.05) is 42.3 Å². The van der Waals surface area contributed by atoms with Gasteiger partial charge >= 0.3 is 0 Å². The molecule has 18 heavy (non-hydrogen) atoms. The van der Waals surface area contributed by atoms with Crippen LogP contribution in [0.2, 0.25) is 10.0 Å². The van der Waals surface area contributed by atoms with Gasteiger partial charge in [-0.3, -0.25) is 0 Å². The van der Waals surface area contributed by atoms with Gasteiger partial charge in [-0.2, -0.15) is 0 Å². The predicted octanol–water partition coefficient (Wildman–Crippen LogP) is 3.90. The van der Waals surface area contributed by atoms with Gasteiger partial charge in [-0.25, -0.2) is 9.97 Å². The normalized spacial score (nSPS) is 10.7. The average Bonchev–Trinajstić information content (AvgIpc) is 2.36. The van der Waals surface area contributed by atoms with Crippen molar-refractivity contribution in [1.29, 1.82) is 0 Å². The number of anilines is 1. The van der Waals surface area contributed by atoms with Crippen molar-refractivity contribution in [3.05, 3.63) is 39.6 Å². The summed E-state index contributed by atoms with van der Waals surface area (Å²) < 4.78 is 0. The molecule has 3 nitrogen and oxygen atoms in total. The number of halogens is 2. The van der Waals surface area contributed by atoms with Gasteiger partial charge in [0.15, 0.2) is 0 Å². The molecule has 0 fully saturated rings. The van der Waals surface area contributed by atoms with Crippen molar-refractivity contribution in [2.24, 2.45) is 0 Å². The number of aryl methyl sites for hydroxylation is 1. The number of nitrogens with two attached hydrogens (primary N) is 1. The second-order valence-corrected chi connectivity index (χ2v) is 4.74. The molecule has 1 aromatic heterocycles. The van der Waals surface area contributed by atoms with Gasteiger partial charge in [-0.05, 0) is 13.0 Å². The Labute approximate surface area is 116 Å². The van der Waals surface area contributed by atoms with Crippen molar-refractivity contribution >= 4 is 29.0 Å². The van der Waals surface area contributed by atoms with E-state index in [1.54, 1.807) is 6.07 Å². The molecule has 0 atom stereocenters. The number of nitrogen functional groups attached to an aromatic ring is 1. The molecule has 0 aliphatic heterocycles. The largest absolute Gasteiger partial charge is 0.383 e. The molecule has 2 rings (SSSR count). The van der Waals surface area contributed by atoms with Crippen LogP contribution in [0, 0.1) is 6.92 Å². The molecule has 0 aliphatic carbocycles. The van der Waals surface area contributed by atoms with Crippen LogP contribution >= 0.6 is 23.2 Å². The van der Waals surface area contributed by atoms with Crippen LogP contribution in [0.15, 0.2) is 18.2 Å². The lowest BCUT2D eigenvalue weighted by molar-refractivity contribution is 0.940. The molecule has 94 valence electrons. The van der Waals surface area contributed by atoms with Crippen molar-refractivity contribution in [1.82, 2.24) is 9.97 Å². The molecule has 0 amide bonds. The van der Waals surface area contributed by atoms with Crippen molar-refractivity contribution < 1.29 is 0 Å². The fourth-order valence-corrected chi connectivity index (χ4v) is 2.08. The molecule has 1 heterocycles. The minimum absolute atomic E-state index is 0.480. The fourth-order valence-electron chi connectivity index (χ4n) is 1.69. The SMILES string of the molecule is CCc1nc(N)c(C)c(-c2cccc(Cl)c2Cl)n1. The Bertz CT molecular complexity index is 597. The van der Waals surface area contributed by atoms with Gasteiger partial charge in [0.1, 0.15) is 11.6 Å². The highest BCUT2D eigenvalue weighted by molar-refractivity contribution is 6.43. The monoisotopic (exact) mass is 281 g/mol. The van der Waals surface area contributed by atoms with E-state index in [4.69, 9.17) is 28.9 Å². The van der Waals surface area contributed by atoms with E-state index in [0.717, 1.165) is 23.2 Å². The van der Waals surface area contributed by atoms with Crippen molar-refractivity contribution in [3.63, 3.8) is 0 Å². The van der Waals surface area contributed by atoms with E-state index in [1.165, 1.54) is 0 Å². The summed E-state index contributed by atoms with van der Waals surface area (Å²) in [7, 11) is 0. The number of hydrogen-bond donors (Lipinski definition) is 1. The molecular weight excluding hydrogens is 269 g/mol. The van der Waals surface area contributed by atoms with Gasteiger partial charge in [-0.15, -0.1) is 0 Å². The van der Waals surface area contributed by atoms with Crippen LogP contribution in [0.3, 0.4) is 0 Å². The molecule has 5 heteroatoms. The Hall–Kier alpha value is -1.32. The molecule has 1 aromatic carbocycles. The van der Waals surface area contributed by atoms with Crippen molar-refractivity contribution in [2.75, 3.05) is 5.73 Å². The highest BCUT2D eigenvalue weighted by Crippen LogP contribution is 2.34. The topological polar surface area (TPSA) is 51.8 Å². The van der Waals surface area contributed by atoms with Crippen molar-refractivity contribution in [3.8, 4) is 11.3 Å². The first-order valence-electron chi connectivity index (χ1n) is 5.62. The van der Waals surface area contributed by atoms with Crippen LogP contribution in [0.4, 0.5) is 5.82 Å². The molecular formula is C13H13Cl2N3. The highest BCUT2D eigenvalue weighted by Gasteiger charge is 2.14. The van der Waals surface area contributed by atoms with Gasteiger partial charge < -0.3 is 5.73 Å². The van der Waals surface area contributed by atoms with Crippen LogP contribution in [-0.2, 0) is 6.42 Å². The summed E-state index contributed by atoms with van der Waals surface area (Å²) in [6.45, 7) is 3.86. The lowest BCUT2D eigenvalue weighted by Crippen LogP contribution is -2.04. The summed E-state index contributed by atoms with van der Waals surface area (Å²) >= 11 is 12.2. The molecule has 0 aliphatic rings. The molecule has 0 spiro atoms. The van der Waals surface area contributed by atoms with Crippen LogP contribution in [-0.4, -0.2) is 9.97 Å². The number of nitrogens with zero attached hydrogens (tertiary/aromatic N) is 2. The second-order valence-electron chi connectivity index (χ2n) is 3.95. The average molecular weight is 282 g/mol. The van der Waals surface area contributed by atoms with E-state index in [1.807, 2.05) is 26.0 Å². The second kappa shape index (κ2) is 5.12. The number of aromatic nitrogens is 2. The van der Waals surface area contributed by atoms with Gasteiger partial charge in [0.2, 0.25) is 0 Å². The number of hydrogen-bond acceptors (Lipinski definition) is 3. The van der Waals surface area contributed by atoms with E-state index < -0.39 is 0 Å². The Morgan fingerprint density at radius 1 is 1.22 bits per heavy atom. The minimum atomic E-state index is 0.480. The minimum Gasteiger partial charge on any atom is -0.383 e. The number of rotatable bonds is 2. The first-order valence-corrected chi connectivity index (χ1v) is 6.37. The van der Waals surface area contributed by atoms with E-state index in [9.17, 15) is 0 Å². The highest BCUT2D eigenvalue weighted by atomic mass is 35.5. The van der Waals surface area contributed by atoms with Gasteiger partial charge in [0.25, 0.3) is 0 Å². The Kier molecular flexibility index (Phi) is 3.73. The van der Waals surface area contributed by atoms with Crippen LogP contribution < -0.4 is 5.73 Å². The third-order valence-corrected chi connectivity index (χ3v) is 3.57. The number of benzene rings is 1. The lowest BCUT2D eigenvalue weighted by Gasteiger charge is -2.11. The fraction of sp³-hybridized carbons (Fsp3) is 0.231.